The monoisotopic (exact) mass is 467 g/mol. The van der Waals surface area contributed by atoms with Gasteiger partial charge in [0.25, 0.3) is 0 Å². The zero-order chi connectivity index (χ0) is 24.5. The van der Waals surface area contributed by atoms with Crippen LogP contribution in [-0.2, 0) is 38.1 Å². The smallest absolute Gasteiger partial charge is 0.333 e. The molecule has 33 heavy (non-hydrogen) atoms. The van der Waals surface area contributed by atoms with Crippen molar-refractivity contribution in [1.82, 2.24) is 4.90 Å². The minimum absolute atomic E-state index is 0.0730. The van der Waals surface area contributed by atoms with Crippen molar-refractivity contribution in [2.75, 3.05) is 6.61 Å². The molecule has 0 aromatic carbocycles. The molecular formula is C23H33NO9. The van der Waals surface area contributed by atoms with Crippen molar-refractivity contribution in [2.45, 2.75) is 84.3 Å². The summed E-state index contributed by atoms with van der Waals surface area (Å²) in [6.07, 6.45) is 4.08. The van der Waals surface area contributed by atoms with Crippen molar-refractivity contribution in [3.8, 4) is 0 Å². The molecule has 0 radical (unpaired) electrons. The summed E-state index contributed by atoms with van der Waals surface area (Å²) >= 11 is 0. The summed E-state index contributed by atoms with van der Waals surface area (Å²) < 4.78 is 22.0. The van der Waals surface area contributed by atoms with Gasteiger partial charge in [0.2, 0.25) is 0 Å². The van der Waals surface area contributed by atoms with E-state index < -0.39 is 42.3 Å². The first kappa shape index (κ1) is 26.4. The second kappa shape index (κ2) is 12.4. The summed E-state index contributed by atoms with van der Waals surface area (Å²) in [6, 6.07) is 0. The summed E-state index contributed by atoms with van der Waals surface area (Å²) in [5, 5.41) is 9.28. The summed E-state index contributed by atoms with van der Waals surface area (Å²) in [7, 11) is 0. The molecule has 2 heterocycles. The Morgan fingerprint density at radius 3 is 2.45 bits per heavy atom. The lowest BCUT2D eigenvalue weighted by Gasteiger charge is -2.30. The molecule has 0 bridgehead atoms. The van der Waals surface area contributed by atoms with Crippen LogP contribution in [0.15, 0.2) is 24.0 Å². The van der Waals surface area contributed by atoms with Crippen LogP contribution < -0.4 is 0 Å². The average Bonchev–Trinajstić information content (AvgIpc) is 3.09. The third-order valence-corrected chi connectivity index (χ3v) is 5.64. The van der Waals surface area contributed by atoms with E-state index in [1.807, 2.05) is 13.8 Å². The molecule has 184 valence electrons. The molecule has 0 unspecified atom stereocenters. The largest absolute Gasteiger partial charge is 0.478 e. The predicted molar refractivity (Wildman–Crippen MR) is 115 cm³/mol. The van der Waals surface area contributed by atoms with Gasteiger partial charge in [-0.05, 0) is 12.8 Å². The molecule has 1 fully saturated rings. The number of carboxylic acid groups (broad SMARTS) is 1. The molecule has 0 aromatic rings. The fourth-order valence-corrected chi connectivity index (χ4v) is 3.67. The highest BCUT2D eigenvalue weighted by atomic mass is 16.6. The van der Waals surface area contributed by atoms with Gasteiger partial charge >= 0.3 is 23.9 Å². The highest BCUT2D eigenvalue weighted by Crippen LogP contribution is 2.33. The number of rotatable bonds is 11. The molecule has 2 rings (SSSR count). The summed E-state index contributed by atoms with van der Waals surface area (Å²) in [5.74, 6) is -2.89. The zero-order valence-corrected chi connectivity index (χ0v) is 19.5. The number of carbonyl (C=O) groups excluding carboxylic acids is 3. The van der Waals surface area contributed by atoms with Crippen LogP contribution in [0.1, 0.15) is 59.8 Å². The first-order valence-corrected chi connectivity index (χ1v) is 11.2. The van der Waals surface area contributed by atoms with Gasteiger partial charge in [0, 0.05) is 31.7 Å². The molecule has 4 atom stereocenters. The van der Waals surface area contributed by atoms with Gasteiger partial charge in [-0.2, -0.15) is 0 Å². The van der Waals surface area contributed by atoms with E-state index in [1.165, 1.54) is 13.1 Å². The second-order valence-corrected chi connectivity index (χ2v) is 8.11. The Kier molecular flexibility index (Phi) is 9.90. The zero-order valence-electron chi connectivity index (χ0n) is 19.5. The van der Waals surface area contributed by atoms with Crippen LogP contribution in [0.2, 0.25) is 0 Å². The number of allylic oxidation sites excluding steroid dienone is 1. The highest BCUT2D eigenvalue weighted by molar-refractivity contribution is 5.87. The number of ether oxygens (including phenoxy) is 4. The number of hydrogen-bond donors (Lipinski definition) is 1. The van der Waals surface area contributed by atoms with Crippen LogP contribution in [0.4, 0.5) is 0 Å². The van der Waals surface area contributed by atoms with E-state index in [1.54, 1.807) is 24.1 Å². The molecule has 1 N–H and O–H groups in total. The Bertz CT molecular complexity index is 787. The molecule has 0 amide bonds. The molecule has 0 saturated carbocycles. The number of aliphatic carboxylic acids is 1. The van der Waals surface area contributed by atoms with Gasteiger partial charge in [-0.3, -0.25) is 14.4 Å². The van der Waals surface area contributed by atoms with E-state index in [0.717, 1.165) is 0 Å². The standard InChI is InChI=1S/C23H33NO9/c1-5-17(6-2)32-20(27)10-9-19(26)30-13-18-14(3)21(31-15(4)25)22(33-18)24-11-7-8-16(12-24)23(28)29/h7,11-12,14,17-18,21-22H,5-6,8-10,13H2,1-4H3,(H,28,29)/t14-,18-,21-,22-/m1/s1. The lowest BCUT2D eigenvalue weighted by molar-refractivity contribution is -0.157. The van der Waals surface area contributed by atoms with E-state index in [-0.39, 0.29) is 43.5 Å². The molecule has 2 aliphatic rings. The molecule has 10 heteroatoms. The molecule has 0 aromatic heterocycles. The molecule has 0 aliphatic carbocycles. The van der Waals surface area contributed by atoms with Crippen molar-refractivity contribution in [3.63, 3.8) is 0 Å². The highest BCUT2D eigenvalue weighted by Gasteiger charge is 2.47. The number of esters is 3. The Morgan fingerprint density at radius 1 is 1.18 bits per heavy atom. The minimum Gasteiger partial charge on any atom is -0.478 e. The Hall–Kier alpha value is -2.88. The Balaban J connectivity index is 1.94. The number of carboxylic acids is 1. The maximum atomic E-state index is 12.1. The molecule has 1 saturated heterocycles. The van der Waals surface area contributed by atoms with E-state index >= 15 is 0 Å². The van der Waals surface area contributed by atoms with Crippen molar-refractivity contribution < 1.29 is 43.2 Å². The number of hydrogen-bond acceptors (Lipinski definition) is 9. The van der Waals surface area contributed by atoms with Gasteiger partial charge in [-0.15, -0.1) is 0 Å². The normalized spacial score (nSPS) is 24.4. The number of nitrogens with zero attached hydrogens (tertiary/aromatic N) is 1. The van der Waals surface area contributed by atoms with Gasteiger partial charge in [-0.1, -0.05) is 26.8 Å². The van der Waals surface area contributed by atoms with Crippen molar-refractivity contribution in [2.24, 2.45) is 5.92 Å². The summed E-state index contributed by atoms with van der Waals surface area (Å²) in [4.78, 5) is 48.5. The quantitative estimate of drug-likeness (QED) is 0.357. The molecule has 2 aliphatic heterocycles. The lowest BCUT2D eigenvalue weighted by Crippen LogP contribution is -2.40. The third-order valence-electron chi connectivity index (χ3n) is 5.64. The Morgan fingerprint density at radius 2 is 1.85 bits per heavy atom. The van der Waals surface area contributed by atoms with Gasteiger partial charge < -0.3 is 29.0 Å². The predicted octanol–water partition coefficient (Wildman–Crippen LogP) is 2.52. The van der Waals surface area contributed by atoms with E-state index in [4.69, 9.17) is 18.9 Å². The first-order valence-electron chi connectivity index (χ1n) is 11.2. The van der Waals surface area contributed by atoms with Crippen molar-refractivity contribution >= 4 is 23.9 Å². The summed E-state index contributed by atoms with van der Waals surface area (Å²) in [5.41, 5.74) is 0.172. The average molecular weight is 468 g/mol. The van der Waals surface area contributed by atoms with E-state index in [0.29, 0.717) is 12.8 Å². The van der Waals surface area contributed by atoms with Crippen LogP contribution in [0.5, 0.6) is 0 Å². The van der Waals surface area contributed by atoms with Gasteiger partial charge in [0.05, 0.1) is 18.4 Å². The topological polar surface area (TPSA) is 129 Å². The van der Waals surface area contributed by atoms with E-state index in [9.17, 15) is 24.3 Å². The first-order chi connectivity index (χ1) is 15.7. The number of carbonyl (C=O) groups is 4. The van der Waals surface area contributed by atoms with Crippen molar-refractivity contribution in [1.29, 1.82) is 0 Å². The van der Waals surface area contributed by atoms with Crippen LogP contribution in [0, 0.1) is 5.92 Å². The Labute approximate surface area is 193 Å². The van der Waals surface area contributed by atoms with Crippen LogP contribution in [-0.4, -0.2) is 65.0 Å². The molecular weight excluding hydrogens is 434 g/mol. The third kappa shape index (κ3) is 7.59. The fourth-order valence-electron chi connectivity index (χ4n) is 3.67. The molecule has 0 spiro atoms. The second-order valence-electron chi connectivity index (χ2n) is 8.11. The van der Waals surface area contributed by atoms with Gasteiger partial charge in [-0.25, -0.2) is 4.79 Å². The molecule has 10 nitrogen and oxygen atoms in total. The van der Waals surface area contributed by atoms with Gasteiger partial charge in [0.1, 0.15) is 18.8 Å². The maximum absolute atomic E-state index is 12.1. The van der Waals surface area contributed by atoms with Crippen LogP contribution >= 0.6 is 0 Å². The SMILES string of the molecule is CCC(CC)OC(=O)CCC(=O)OC[C@H]1O[C@@H](N2C=CCC(C(=O)O)=C2)[C@H](OC(C)=O)[C@@H]1C. The van der Waals surface area contributed by atoms with Gasteiger partial charge in [0.15, 0.2) is 12.3 Å². The minimum atomic E-state index is -1.05. The lowest BCUT2D eigenvalue weighted by atomic mass is 10.00. The maximum Gasteiger partial charge on any atom is 0.333 e. The van der Waals surface area contributed by atoms with E-state index in [2.05, 4.69) is 0 Å². The summed E-state index contributed by atoms with van der Waals surface area (Å²) in [6.45, 7) is 6.83. The van der Waals surface area contributed by atoms with Crippen LogP contribution in [0.25, 0.3) is 0 Å². The fraction of sp³-hybridized carbons (Fsp3) is 0.652. The van der Waals surface area contributed by atoms with Crippen LogP contribution in [0.3, 0.4) is 0 Å². The van der Waals surface area contributed by atoms with Crippen molar-refractivity contribution in [3.05, 3.63) is 24.0 Å².